The van der Waals surface area contributed by atoms with E-state index < -0.39 is 0 Å². The third-order valence-electron chi connectivity index (χ3n) is 3.59. The Kier molecular flexibility index (Phi) is 5.85. The van der Waals surface area contributed by atoms with E-state index in [0.717, 1.165) is 5.56 Å². The highest BCUT2D eigenvalue weighted by Crippen LogP contribution is 2.32. The molecule has 0 fully saturated rings. The average molecular weight is 417 g/mol. The van der Waals surface area contributed by atoms with Gasteiger partial charge in [0.15, 0.2) is 10.6 Å². The molecule has 0 saturated heterocycles. The first-order valence-electron chi connectivity index (χ1n) is 7.73. The number of aromatic nitrogens is 2. The number of hydrogen-bond acceptors (Lipinski definition) is 5. The number of nitrogen functional groups attached to an aromatic ring is 1. The van der Waals surface area contributed by atoms with Crippen LogP contribution in [0.1, 0.15) is 11.1 Å². The van der Waals surface area contributed by atoms with Crippen molar-refractivity contribution in [3.8, 4) is 11.3 Å². The van der Waals surface area contributed by atoms with Gasteiger partial charge in [0, 0.05) is 10.6 Å². The minimum absolute atomic E-state index is 0.0689. The molecule has 0 amide bonds. The molecule has 0 unspecified atom stereocenters. The van der Waals surface area contributed by atoms with E-state index in [1.807, 2.05) is 30.3 Å². The summed E-state index contributed by atoms with van der Waals surface area (Å²) in [4.78, 5) is 7.02. The van der Waals surface area contributed by atoms with Crippen molar-refractivity contribution in [3.63, 3.8) is 0 Å². The van der Waals surface area contributed by atoms with Crippen LogP contribution in [0.5, 0.6) is 0 Å². The molecule has 0 aliphatic carbocycles. The van der Waals surface area contributed by atoms with Crippen LogP contribution in [0.15, 0.2) is 58.7 Å². The number of amidine groups is 1. The SMILES string of the molecule is N/C(=N\N=C\c1ccccc1)c1c(N)nc(=S)[nH]c1-c1ccc(Cl)cc1Cl. The first kappa shape index (κ1) is 19.0. The summed E-state index contributed by atoms with van der Waals surface area (Å²) in [5.41, 5.74) is 14.5. The summed E-state index contributed by atoms with van der Waals surface area (Å²) in [5, 5.41) is 8.95. The molecule has 0 saturated carbocycles. The molecule has 0 aliphatic rings. The molecule has 1 aromatic heterocycles. The molecule has 0 atom stereocenters. The molecule has 6 nitrogen and oxygen atoms in total. The van der Waals surface area contributed by atoms with E-state index in [4.69, 9.17) is 46.9 Å². The van der Waals surface area contributed by atoms with Crippen molar-refractivity contribution < 1.29 is 0 Å². The molecule has 9 heteroatoms. The third kappa shape index (κ3) is 4.51. The van der Waals surface area contributed by atoms with E-state index in [9.17, 15) is 0 Å². The van der Waals surface area contributed by atoms with E-state index in [2.05, 4.69) is 20.2 Å². The van der Waals surface area contributed by atoms with Crippen molar-refractivity contribution in [1.82, 2.24) is 9.97 Å². The van der Waals surface area contributed by atoms with Crippen LogP contribution in [0.3, 0.4) is 0 Å². The number of nitrogens with zero attached hydrogens (tertiary/aromatic N) is 3. The fourth-order valence-corrected chi connectivity index (χ4v) is 3.09. The van der Waals surface area contributed by atoms with Crippen LogP contribution in [0.2, 0.25) is 10.0 Å². The molecular formula is C18H14Cl2N6S. The Labute approximate surface area is 170 Å². The minimum Gasteiger partial charge on any atom is -0.383 e. The van der Waals surface area contributed by atoms with Gasteiger partial charge in [-0.2, -0.15) is 5.10 Å². The zero-order chi connectivity index (χ0) is 19.4. The number of nitrogens with one attached hydrogen (secondary N) is 1. The third-order valence-corrected chi connectivity index (χ3v) is 4.33. The maximum atomic E-state index is 6.32. The van der Waals surface area contributed by atoms with Gasteiger partial charge >= 0.3 is 0 Å². The number of hydrogen-bond donors (Lipinski definition) is 3. The lowest BCUT2D eigenvalue weighted by Gasteiger charge is -2.12. The van der Waals surface area contributed by atoms with Gasteiger partial charge in [-0.05, 0) is 36.0 Å². The van der Waals surface area contributed by atoms with Gasteiger partial charge in [0.1, 0.15) is 5.82 Å². The molecule has 0 aliphatic heterocycles. The lowest BCUT2D eigenvalue weighted by molar-refractivity contribution is 1.13. The number of anilines is 1. The van der Waals surface area contributed by atoms with Gasteiger partial charge in [-0.1, -0.05) is 53.5 Å². The zero-order valence-corrected chi connectivity index (χ0v) is 16.2. The summed E-state index contributed by atoms with van der Waals surface area (Å²) in [5.74, 6) is 0.190. The lowest BCUT2D eigenvalue weighted by Crippen LogP contribution is -2.18. The summed E-state index contributed by atoms with van der Waals surface area (Å²) in [7, 11) is 0. The molecule has 2 aromatic carbocycles. The van der Waals surface area contributed by atoms with Crippen LogP contribution in [0.25, 0.3) is 11.3 Å². The highest BCUT2D eigenvalue weighted by atomic mass is 35.5. The fraction of sp³-hybridized carbons (Fsp3) is 0. The second-order valence-electron chi connectivity index (χ2n) is 5.44. The van der Waals surface area contributed by atoms with Gasteiger partial charge in [-0.15, -0.1) is 5.10 Å². The Balaban J connectivity index is 2.08. The number of H-pyrrole nitrogens is 1. The van der Waals surface area contributed by atoms with Crippen LogP contribution in [0, 0.1) is 4.77 Å². The molecule has 1 heterocycles. The van der Waals surface area contributed by atoms with Crippen LogP contribution in [-0.4, -0.2) is 22.0 Å². The Hall–Kier alpha value is -2.74. The van der Waals surface area contributed by atoms with Crippen LogP contribution >= 0.6 is 35.4 Å². The zero-order valence-electron chi connectivity index (χ0n) is 13.9. The minimum atomic E-state index is 0.0689. The smallest absolute Gasteiger partial charge is 0.199 e. The van der Waals surface area contributed by atoms with Crippen LogP contribution in [0.4, 0.5) is 5.82 Å². The number of benzene rings is 2. The topological polar surface area (TPSA) is 105 Å². The van der Waals surface area contributed by atoms with Crippen molar-refractivity contribution >= 4 is 53.3 Å². The Morgan fingerprint density at radius 2 is 1.89 bits per heavy atom. The van der Waals surface area contributed by atoms with E-state index >= 15 is 0 Å². The quantitative estimate of drug-likeness (QED) is 0.253. The first-order chi connectivity index (χ1) is 13.0. The van der Waals surface area contributed by atoms with E-state index in [-0.39, 0.29) is 16.4 Å². The molecule has 27 heavy (non-hydrogen) atoms. The predicted octanol–water partition coefficient (Wildman–Crippen LogP) is 4.43. The molecule has 136 valence electrons. The highest BCUT2D eigenvalue weighted by Gasteiger charge is 2.17. The molecule has 0 spiro atoms. The Bertz CT molecular complexity index is 1090. The highest BCUT2D eigenvalue weighted by molar-refractivity contribution is 7.71. The predicted molar refractivity (Wildman–Crippen MR) is 114 cm³/mol. The van der Waals surface area contributed by atoms with E-state index in [1.165, 1.54) is 0 Å². The maximum Gasteiger partial charge on any atom is 0.199 e. The second kappa shape index (κ2) is 8.30. The van der Waals surface area contributed by atoms with Gasteiger partial charge in [0.25, 0.3) is 0 Å². The number of rotatable bonds is 4. The summed E-state index contributed by atoms with van der Waals surface area (Å²) in [6.45, 7) is 0. The van der Waals surface area contributed by atoms with Gasteiger partial charge in [0.05, 0.1) is 22.5 Å². The number of halogens is 2. The number of nitrogens with two attached hydrogens (primary N) is 2. The van der Waals surface area contributed by atoms with Gasteiger partial charge in [-0.25, -0.2) is 4.98 Å². The number of aromatic amines is 1. The fourth-order valence-electron chi connectivity index (χ4n) is 2.39. The van der Waals surface area contributed by atoms with Crippen molar-refractivity contribution in [2.45, 2.75) is 0 Å². The Morgan fingerprint density at radius 1 is 1.15 bits per heavy atom. The lowest BCUT2D eigenvalue weighted by atomic mass is 10.1. The molecule has 0 bridgehead atoms. The van der Waals surface area contributed by atoms with E-state index in [1.54, 1.807) is 24.4 Å². The van der Waals surface area contributed by atoms with E-state index in [0.29, 0.717) is 26.9 Å². The Morgan fingerprint density at radius 3 is 2.59 bits per heavy atom. The molecule has 0 radical (unpaired) electrons. The van der Waals surface area contributed by atoms with Gasteiger partial charge in [-0.3, -0.25) is 0 Å². The van der Waals surface area contributed by atoms with Crippen molar-refractivity contribution in [2.75, 3.05) is 5.73 Å². The van der Waals surface area contributed by atoms with Crippen molar-refractivity contribution in [1.29, 1.82) is 0 Å². The summed E-state index contributed by atoms with van der Waals surface area (Å²) in [6.07, 6.45) is 1.58. The summed E-state index contributed by atoms with van der Waals surface area (Å²) < 4.78 is 0.192. The van der Waals surface area contributed by atoms with Crippen LogP contribution < -0.4 is 11.5 Å². The average Bonchev–Trinajstić information content (AvgIpc) is 2.62. The summed E-state index contributed by atoms with van der Waals surface area (Å²) in [6, 6.07) is 14.5. The second-order valence-corrected chi connectivity index (χ2v) is 6.67. The van der Waals surface area contributed by atoms with Gasteiger partial charge < -0.3 is 16.5 Å². The molecular weight excluding hydrogens is 403 g/mol. The summed E-state index contributed by atoms with van der Waals surface area (Å²) >= 11 is 17.4. The normalized spacial score (nSPS) is 11.9. The van der Waals surface area contributed by atoms with Crippen molar-refractivity contribution in [3.05, 3.63) is 74.5 Å². The van der Waals surface area contributed by atoms with Crippen molar-refractivity contribution in [2.24, 2.45) is 15.9 Å². The maximum absolute atomic E-state index is 6.32. The molecule has 3 rings (SSSR count). The first-order valence-corrected chi connectivity index (χ1v) is 8.89. The largest absolute Gasteiger partial charge is 0.383 e. The monoisotopic (exact) mass is 416 g/mol. The molecule has 5 N–H and O–H groups in total. The van der Waals surface area contributed by atoms with Gasteiger partial charge in [0.2, 0.25) is 0 Å². The molecule has 3 aromatic rings. The standard InChI is InChI=1S/C18H14Cl2N6S/c19-11-6-7-12(13(20)8-11)15-14(16(21)25-18(27)24-15)17(22)26-23-9-10-4-2-1-3-5-10/h1-9H,(H2,22,26)(H3,21,24,25,27)/b23-9+. The van der Waals surface area contributed by atoms with Crippen LogP contribution in [-0.2, 0) is 0 Å².